The van der Waals surface area contributed by atoms with Crippen LogP contribution in [0.25, 0.3) is 5.69 Å². The monoisotopic (exact) mass is 443 g/mol. The van der Waals surface area contributed by atoms with Gasteiger partial charge in [-0.2, -0.15) is 4.68 Å². The SMILES string of the molecule is COc1cccc(-n2nnnc2SCC(=O)N2c3ccccc3CCc3ccccc32)c1. The summed E-state index contributed by atoms with van der Waals surface area (Å²) in [5, 5.41) is 12.6. The number of fused-ring (bicyclic) bond motifs is 2. The molecule has 4 aromatic rings. The number of hydrogen-bond donors (Lipinski definition) is 0. The highest BCUT2D eigenvalue weighted by atomic mass is 32.2. The van der Waals surface area contributed by atoms with Crippen molar-refractivity contribution in [1.29, 1.82) is 0 Å². The second-order valence-corrected chi connectivity index (χ2v) is 8.29. The van der Waals surface area contributed by atoms with Crippen LogP contribution in [-0.2, 0) is 17.6 Å². The summed E-state index contributed by atoms with van der Waals surface area (Å²) in [6.07, 6.45) is 1.80. The van der Waals surface area contributed by atoms with Gasteiger partial charge in [0, 0.05) is 6.07 Å². The minimum atomic E-state index is -0.0167. The average molecular weight is 444 g/mol. The van der Waals surface area contributed by atoms with Gasteiger partial charge >= 0.3 is 0 Å². The Balaban J connectivity index is 1.43. The molecule has 1 amide bonds. The number of carbonyl (C=O) groups is 1. The Kier molecular flexibility index (Phi) is 5.60. The summed E-state index contributed by atoms with van der Waals surface area (Å²) in [6.45, 7) is 0. The maximum atomic E-state index is 13.5. The Labute approximate surface area is 190 Å². The average Bonchev–Trinajstić information content (AvgIpc) is 3.25. The first kappa shape index (κ1) is 20.3. The number of tetrazole rings is 1. The third-order valence-corrected chi connectivity index (χ3v) is 6.35. The van der Waals surface area contributed by atoms with Gasteiger partial charge in [-0.15, -0.1) is 5.10 Å². The van der Waals surface area contributed by atoms with Crippen LogP contribution in [0, 0.1) is 0 Å². The normalized spacial score (nSPS) is 12.6. The van der Waals surface area contributed by atoms with Gasteiger partial charge in [-0.05, 0) is 58.7 Å². The number of aromatic nitrogens is 4. The van der Waals surface area contributed by atoms with E-state index >= 15 is 0 Å². The Bertz CT molecular complexity index is 1230. The molecule has 8 heteroatoms. The number of para-hydroxylation sites is 2. The van der Waals surface area contributed by atoms with Crippen LogP contribution in [-0.4, -0.2) is 39.0 Å². The highest BCUT2D eigenvalue weighted by Gasteiger charge is 2.26. The molecule has 0 atom stereocenters. The van der Waals surface area contributed by atoms with E-state index in [0.29, 0.717) is 10.9 Å². The molecule has 3 aromatic carbocycles. The number of aryl methyl sites for hydroxylation is 2. The van der Waals surface area contributed by atoms with Crippen LogP contribution < -0.4 is 9.64 Å². The van der Waals surface area contributed by atoms with Gasteiger partial charge in [-0.25, -0.2) is 0 Å². The Morgan fingerprint density at radius 3 is 2.34 bits per heavy atom. The third kappa shape index (κ3) is 3.85. The summed E-state index contributed by atoms with van der Waals surface area (Å²) in [6, 6.07) is 23.7. The molecule has 160 valence electrons. The zero-order valence-corrected chi connectivity index (χ0v) is 18.3. The van der Waals surface area contributed by atoms with Gasteiger partial charge in [0.15, 0.2) is 0 Å². The van der Waals surface area contributed by atoms with E-state index in [1.54, 1.807) is 11.8 Å². The fourth-order valence-electron chi connectivity index (χ4n) is 3.91. The first-order valence-corrected chi connectivity index (χ1v) is 11.3. The van der Waals surface area contributed by atoms with Crippen LogP contribution in [0.2, 0.25) is 0 Å². The smallest absolute Gasteiger partial charge is 0.242 e. The van der Waals surface area contributed by atoms with Gasteiger partial charge in [0.25, 0.3) is 0 Å². The number of anilines is 2. The lowest BCUT2D eigenvalue weighted by Crippen LogP contribution is -2.28. The van der Waals surface area contributed by atoms with Crippen molar-refractivity contribution in [2.24, 2.45) is 0 Å². The largest absolute Gasteiger partial charge is 0.497 e. The lowest BCUT2D eigenvalue weighted by atomic mass is 10.0. The molecule has 0 N–H and O–H groups in total. The molecule has 1 aliphatic rings. The fourth-order valence-corrected chi connectivity index (χ4v) is 4.65. The number of thioether (sulfide) groups is 1. The summed E-state index contributed by atoms with van der Waals surface area (Å²) < 4.78 is 6.92. The number of rotatable bonds is 5. The summed E-state index contributed by atoms with van der Waals surface area (Å²) in [7, 11) is 1.61. The van der Waals surface area contributed by atoms with Crippen LogP contribution in [0.1, 0.15) is 11.1 Å². The molecule has 0 unspecified atom stereocenters. The van der Waals surface area contributed by atoms with Gasteiger partial charge in [0.2, 0.25) is 11.1 Å². The molecule has 5 rings (SSSR count). The first-order chi connectivity index (χ1) is 15.7. The Hall–Kier alpha value is -3.65. The minimum Gasteiger partial charge on any atom is -0.497 e. The lowest BCUT2D eigenvalue weighted by molar-refractivity contribution is -0.115. The molecular formula is C24H21N5O2S. The van der Waals surface area contributed by atoms with Gasteiger partial charge in [-0.1, -0.05) is 54.2 Å². The number of benzene rings is 3. The second-order valence-electron chi connectivity index (χ2n) is 7.35. The van der Waals surface area contributed by atoms with Crippen LogP contribution >= 0.6 is 11.8 Å². The van der Waals surface area contributed by atoms with E-state index in [-0.39, 0.29) is 11.7 Å². The van der Waals surface area contributed by atoms with E-state index < -0.39 is 0 Å². The first-order valence-electron chi connectivity index (χ1n) is 10.3. The maximum absolute atomic E-state index is 13.5. The predicted molar refractivity (Wildman–Crippen MR) is 124 cm³/mol. The molecule has 7 nitrogen and oxygen atoms in total. The quantitative estimate of drug-likeness (QED) is 0.430. The predicted octanol–water partition coefficient (Wildman–Crippen LogP) is 4.23. The minimum absolute atomic E-state index is 0.0167. The van der Waals surface area contributed by atoms with Crippen molar-refractivity contribution < 1.29 is 9.53 Å². The van der Waals surface area contributed by atoms with Crippen molar-refractivity contribution in [3.8, 4) is 11.4 Å². The number of nitrogens with zero attached hydrogens (tertiary/aromatic N) is 5. The summed E-state index contributed by atoms with van der Waals surface area (Å²) in [5.41, 5.74) is 4.99. The zero-order chi connectivity index (χ0) is 21.9. The standard InChI is InChI=1S/C24H21N5O2S/c1-31-20-10-6-9-19(15-20)29-24(25-26-27-29)32-16-23(30)28-21-11-4-2-7-17(21)13-14-18-8-3-5-12-22(18)28/h2-12,15H,13-14,16H2,1H3. The van der Waals surface area contributed by atoms with Crippen molar-refractivity contribution in [3.63, 3.8) is 0 Å². The molecule has 32 heavy (non-hydrogen) atoms. The third-order valence-electron chi connectivity index (χ3n) is 5.44. The maximum Gasteiger partial charge on any atom is 0.242 e. The van der Waals surface area contributed by atoms with Crippen molar-refractivity contribution in [2.75, 3.05) is 17.8 Å². The fraction of sp³-hybridized carbons (Fsp3) is 0.167. The molecule has 0 saturated carbocycles. The van der Waals surface area contributed by atoms with Crippen LogP contribution in [0.15, 0.2) is 78.0 Å². The van der Waals surface area contributed by atoms with Gasteiger partial charge in [0.05, 0.1) is 29.9 Å². The van der Waals surface area contributed by atoms with Crippen LogP contribution in [0.3, 0.4) is 0 Å². The van der Waals surface area contributed by atoms with Crippen molar-refractivity contribution >= 4 is 29.0 Å². The van der Waals surface area contributed by atoms with Crippen molar-refractivity contribution in [2.45, 2.75) is 18.0 Å². The zero-order valence-electron chi connectivity index (χ0n) is 17.5. The molecule has 1 aromatic heterocycles. The summed E-state index contributed by atoms with van der Waals surface area (Å²) in [4.78, 5) is 15.4. The van der Waals surface area contributed by atoms with E-state index in [1.165, 1.54) is 22.9 Å². The molecule has 0 spiro atoms. The number of hydrogen-bond acceptors (Lipinski definition) is 6. The van der Waals surface area contributed by atoms with Crippen molar-refractivity contribution in [1.82, 2.24) is 20.2 Å². The molecule has 0 radical (unpaired) electrons. The molecule has 0 bridgehead atoms. The lowest BCUT2D eigenvalue weighted by Gasteiger charge is -2.24. The van der Waals surface area contributed by atoms with Crippen LogP contribution in [0.4, 0.5) is 11.4 Å². The van der Waals surface area contributed by atoms with E-state index in [9.17, 15) is 4.79 Å². The molecule has 0 aliphatic carbocycles. The van der Waals surface area contributed by atoms with E-state index in [2.05, 4.69) is 27.7 Å². The Morgan fingerprint density at radius 2 is 1.66 bits per heavy atom. The topological polar surface area (TPSA) is 73.1 Å². The van der Waals surface area contributed by atoms with Gasteiger partial charge < -0.3 is 4.74 Å². The Morgan fingerprint density at radius 1 is 0.969 bits per heavy atom. The number of methoxy groups -OCH3 is 1. The van der Waals surface area contributed by atoms with Gasteiger partial charge in [0.1, 0.15) is 5.75 Å². The molecular weight excluding hydrogens is 422 g/mol. The van der Waals surface area contributed by atoms with Crippen molar-refractivity contribution in [3.05, 3.63) is 83.9 Å². The number of ether oxygens (including phenoxy) is 1. The van der Waals surface area contributed by atoms with E-state index in [0.717, 1.165) is 29.9 Å². The highest BCUT2D eigenvalue weighted by Crippen LogP contribution is 2.36. The van der Waals surface area contributed by atoms with Gasteiger partial charge in [-0.3, -0.25) is 9.69 Å². The molecule has 1 aliphatic heterocycles. The second kappa shape index (κ2) is 8.84. The summed E-state index contributed by atoms with van der Waals surface area (Å²) in [5.74, 6) is 0.896. The van der Waals surface area contributed by atoms with E-state index in [1.807, 2.05) is 65.6 Å². The molecule has 2 heterocycles. The molecule has 0 saturated heterocycles. The van der Waals surface area contributed by atoms with E-state index in [4.69, 9.17) is 4.74 Å². The number of amides is 1. The molecule has 0 fully saturated rings. The van der Waals surface area contributed by atoms with Crippen LogP contribution in [0.5, 0.6) is 5.75 Å². The number of carbonyl (C=O) groups excluding carboxylic acids is 1. The summed E-state index contributed by atoms with van der Waals surface area (Å²) >= 11 is 1.31. The highest BCUT2D eigenvalue weighted by molar-refractivity contribution is 7.99.